The summed E-state index contributed by atoms with van der Waals surface area (Å²) in [6, 6.07) is 14.3. The number of imide groups is 2. The molecule has 1 saturated heterocycles. The molecule has 4 amide bonds. The van der Waals surface area contributed by atoms with Crippen molar-refractivity contribution in [3.8, 4) is 0 Å². The number of benzene rings is 2. The Balaban J connectivity index is 1.32. The third-order valence-electron chi connectivity index (χ3n) is 5.87. The first kappa shape index (κ1) is 21.9. The maximum Gasteiger partial charge on any atom is 0.262 e. The van der Waals surface area contributed by atoms with Crippen LogP contribution in [0.15, 0.2) is 48.5 Å². The smallest absolute Gasteiger partial charge is 0.262 e. The Hall–Kier alpha value is -3.36. The van der Waals surface area contributed by atoms with E-state index in [0.29, 0.717) is 12.1 Å². The van der Waals surface area contributed by atoms with Gasteiger partial charge in [0, 0.05) is 19.0 Å². The first-order chi connectivity index (χ1) is 15.4. The number of nitrogens with zero attached hydrogens (tertiary/aromatic N) is 1. The van der Waals surface area contributed by atoms with Gasteiger partial charge in [0.25, 0.3) is 11.8 Å². The van der Waals surface area contributed by atoms with E-state index in [1.165, 1.54) is 5.56 Å². The normalized spacial score (nSPS) is 19.2. The third-order valence-corrected chi connectivity index (χ3v) is 5.87. The summed E-state index contributed by atoms with van der Waals surface area (Å²) in [6.45, 7) is 1.26. The molecular weight excluding hydrogens is 408 g/mol. The molecule has 2 unspecified atom stereocenters. The summed E-state index contributed by atoms with van der Waals surface area (Å²) in [5, 5.41) is 5.53. The number of rotatable bonds is 8. The zero-order chi connectivity index (χ0) is 22.7. The van der Waals surface area contributed by atoms with Crippen molar-refractivity contribution in [2.24, 2.45) is 5.73 Å². The predicted molar refractivity (Wildman–Crippen MR) is 118 cm³/mol. The molecule has 32 heavy (non-hydrogen) atoms. The van der Waals surface area contributed by atoms with Crippen LogP contribution >= 0.6 is 0 Å². The molecule has 0 radical (unpaired) electrons. The summed E-state index contributed by atoms with van der Waals surface area (Å²) in [4.78, 5) is 50.1. The van der Waals surface area contributed by atoms with E-state index in [4.69, 9.17) is 5.73 Å². The maximum absolute atomic E-state index is 12.9. The summed E-state index contributed by atoms with van der Waals surface area (Å²) in [5.74, 6) is -1.98. The molecule has 2 atom stereocenters. The SMILES string of the molecule is NC(CCNCc1ccc2c(c1)C(=O)N(C1CCC(=O)NC1=O)C2=O)Cc1ccccc1. The standard InChI is InChI=1S/C24H26N4O4/c25-17(12-15-4-2-1-3-5-15)10-11-26-14-16-6-7-18-19(13-16)24(32)28(23(18)31)20-8-9-21(29)27-22(20)30/h1-7,13,17,20,26H,8-12,14,25H2,(H,27,29,30). The van der Waals surface area contributed by atoms with E-state index in [1.807, 2.05) is 18.2 Å². The van der Waals surface area contributed by atoms with Crippen molar-refractivity contribution < 1.29 is 19.2 Å². The van der Waals surface area contributed by atoms with Gasteiger partial charge in [0.05, 0.1) is 11.1 Å². The van der Waals surface area contributed by atoms with E-state index in [-0.39, 0.29) is 30.4 Å². The molecular formula is C24H26N4O4. The fourth-order valence-electron chi connectivity index (χ4n) is 4.17. The van der Waals surface area contributed by atoms with Gasteiger partial charge in [0.2, 0.25) is 11.8 Å². The highest BCUT2D eigenvalue weighted by Gasteiger charge is 2.44. The Bertz CT molecular complexity index is 1050. The lowest BCUT2D eigenvalue weighted by atomic mass is 10.0. The topological polar surface area (TPSA) is 122 Å². The molecule has 1 fully saturated rings. The van der Waals surface area contributed by atoms with Crippen molar-refractivity contribution in [2.45, 2.75) is 44.3 Å². The second kappa shape index (κ2) is 9.42. The molecule has 2 aromatic carbocycles. The molecule has 0 aromatic heterocycles. The van der Waals surface area contributed by atoms with Crippen LogP contribution in [-0.2, 0) is 22.6 Å². The second-order valence-corrected chi connectivity index (χ2v) is 8.24. The number of hydrogen-bond acceptors (Lipinski definition) is 6. The summed E-state index contributed by atoms with van der Waals surface area (Å²) in [5.41, 5.74) is 8.87. The Morgan fingerprint density at radius 2 is 1.75 bits per heavy atom. The largest absolute Gasteiger partial charge is 0.327 e. The molecule has 166 valence electrons. The van der Waals surface area contributed by atoms with Crippen LogP contribution in [-0.4, -0.2) is 47.2 Å². The number of fused-ring (bicyclic) bond motifs is 1. The predicted octanol–water partition coefficient (Wildman–Crippen LogP) is 1.14. The van der Waals surface area contributed by atoms with Gasteiger partial charge in [0.15, 0.2) is 0 Å². The number of nitrogens with two attached hydrogens (primary N) is 1. The van der Waals surface area contributed by atoms with Crippen LogP contribution in [0.4, 0.5) is 0 Å². The summed E-state index contributed by atoms with van der Waals surface area (Å²) < 4.78 is 0. The Morgan fingerprint density at radius 1 is 1.00 bits per heavy atom. The van der Waals surface area contributed by atoms with Crippen molar-refractivity contribution in [2.75, 3.05) is 6.54 Å². The van der Waals surface area contributed by atoms with Crippen molar-refractivity contribution in [3.63, 3.8) is 0 Å². The van der Waals surface area contributed by atoms with Crippen LogP contribution in [0.5, 0.6) is 0 Å². The van der Waals surface area contributed by atoms with E-state index in [0.717, 1.165) is 29.8 Å². The van der Waals surface area contributed by atoms with Crippen molar-refractivity contribution >= 4 is 23.6 Å². The summed E-state index contributed by atoms with van der Waals surface area (Å²) >= 11 is 0. The van der Waals surface area contributed by atoms with Gasteiger partial charge in [-0.15, -0.1) is 0 Å². The van der Waals surface area contributed by atoms with Gasteiger partial charge in [-0.05, 0) is 49.1 Å². The highest BCUT2D eigenvalue weighted by Crippen LogP contribution is 2.28. The summed E-state index contributed by atoms with van der Waals surface area (Å²) in [6.07, 6.45) is 1.87. The van der Waals surface area contributed by atoms with Gasteiger partial charge < -0.3 is 11.1 Å². The summed E-state index contributed by atoms with van der Waals surface area (Å²) in [7, 11) is 0. The minimum atomic E-state index is -0.951. The molecule has 4 rings (SSSR count). The van der Waals surface area contributed by atoms with Crippen LogP contribution in [0.1, 0.15) is 51.1 Å². The highest BCUT2D eigenvalue weighted by molar-refractivity contribution is 6.23. The zero-order valence-electron chi connectivity index (χ0n) is 17.7. The van der Waals surface area contributed by atoms with Gasteiger partial charge in [-0.1, -0.05) is 36.4 Å². The van der Waals surface area contributed by atoms with E-state index >= 15 is 0 Å². The number of carbonyl (C=O) groups is 4. The number of hydrogen-bond donors (Lipinski definition) is 3. The van der Waals surface area contributed by atoms with E-state index in [1.54, 1.807) is 18.2 Å². The van der Waals surface area contributed by atoms with Crippen molar-refractivity contribution in [1.82, 2.24) is 15.5 Å². The molecule has 0 spiro atoms. The van der Waals surface area contributed by atoms with Gasteiger partial charge in [-0.2, -0.15) is 0 Å². The quantitative estimate of drug-likeness (QED) is 0.423. The average Bonchev–Trinajstić information content (AvgIpc) is 3.02. The first-order valence-electron chi connectivity index (χ1n) is 10.8. The third kappa shape index (κ3) is 4.61. The lowest BCUT2D eigenvalue weighted by Crippen LogP contribution is -2.54. The molecule has 8 nitrogen and oxygen atoms in total. The number of carbonyl (C=O) groups excluding carboxylic acids is 4. The minimum Gasteiger partial charge on any atom is -0.327 e. The van der Waals surface area contributed by atoms with Gasteiger partial charge in [-0.3, -0.25) is 29.4 Å². The lowest BCUT2D eigenvalue weighted by molar-refractivity contribution is -0.136. The number of nitrogens with one attached hydrogen (secondary N) is 2. The minimum absolute atomic E-state index is 0.0474. The van der Waals surface area contributed by atoms with Crippen molar-refractivity contribution in [3.05, 3.63) is 70.8 Å². The molecule has 0 bridgehead atoms. The molecule has 2 aromatic rings. The molecule has 2 heterocycles. The second-order valence-electron chi connectivity index (χ2n) is 8.24. The average molecular weight is 434 g/mol. The fraction of sp³-hybridized carbons (Fsp3) is 0.333. The Kier molecular flexibility index (Phi) is 6.43. The van der Waals surface area contributed by atoms with Crippen LogP contribution in [0.2, 0.25) is 0 Å². The Labute approximate surface area is 186 Å². The Morgan fingerprint density at radius 3 is 2.50 bits per heavy atom. The van der Waals surface area contributed by atoms with Crippen LogP contribution in [0, 0.1) is 0 Å². The van der Waals surface area contributed by atoms with Gasteiger partial charge in [0.1, 0.15) is 6.04 Å². The first-order valence-corrected chi connectivity index (χ1v) is 10.8. The van der Waals surface area contributed by atoms with E-state index in [9.17, 15) is 19.2 Å². The van der Waals surface area contributed by atoms with Crippen LogP contribution < -0.4 is 16.4 Å². The molecule has 2 aliphatic rings. The van der Waals surface area contributed by atoms with Crippen molar-refractivity contribution in [1.29, 1.82) is 0 Å². The highest BCUT2D eigenvalue weighted by atomic mass is 16.2. The molecule has 4 N–H and O–H groups in total. The van der Waals surface area contributed by atoms with Gasteiger partial charge >= 0.3 is 0 Å². The molecule has 0 aliphatic carbocycles. The molecule has 8 heteroatoms. The monoisotopic (exact) mass is 434 g/mol. The molecule has 0 saturated carbocycles. The van der Waals surface area contributed by atoms with E-state index < -0.39 is 23.8 Å². The number of piperidine rings is 1. The number of amides is 4. The molecule has 2 aliphatic heterocycles. The van der Waals surface area contributed by atoms with Gasteiger partial charge in [-0.25, -0.2) is 0 Å². The van der Waals surface area contributed by atoms with Crippen LogP contribution in [0.3, 0.4) is 0 Å². The fourth-order valence-corrected chi connectivity index (χ4v) is 4.17. The zero-order valence-corrected chi connectivity index (χ0v) is 17.7. The maximum atomic E-state index is 12.9. The lowest BCUT2D eigenvalue weighted by Gasteiger charge is -2.27. The van der Waals surface area contributed by atoms with E-state index in [2.05, 4.69) is 22.8 Å². The van der Waals surface area contributed by atoms with Crippen LogP contribution in [0.25, 0.3) is 0 Å².